The summed E-state index contributed by atoms with van der Waals surface area (Å²) < 4.78 is 10.4. The third-order valence-corrected chi connectivity index (χ3v) is 3.14. The van der Waals surface area contributed by atoms with Crippen molar-refractivity contribution in [2.75, 3.05) is 13.7 Å². The lowest BCUT2D eigenvalue weighted by Gasteiger charge is -2.05. The minimum atomic E-state index is -0.00387. The van der Waals surface area contributed by atoms with Gasteiger partial charge < -0.3 is 9.47 Å². The predicted molar refractivity (Wildman–Crippen MR) is 67.1 cm³/mol. The second-order valence-corrected chi connectivity index (χ2v) is 4.31. The zero-order valence-electron chi connectivity index (χ0n) is 9.38. The second-order valence-electron chi connectivity index (χ2n) is 3.36. The first kappa shape index (κ1) is 11.7. The molecule has 2 aromatic rings. The maximum absolute atomic E-state index is 11.7. The fraction of sp³-hybridized carbons (Fsp3) is 0.154. The highest BCUT2D eigenvalue weighted by Crippen LogP contribution is 2.17. The zero-order chi connectivity index (χ0) is 12.1. The van der Waals surface area contributed by atoms with Crippen LogP contribution in [0.4, 0.5) is 0 Å². The summed E-state index contributed by atoms with van der Waals surface area (Å²) in [6.07, 6.45) is 0. The minimum Gasteiger partial charge on any atom is -0.497 e. The van der Waals surface area contributed by atoms with Crippen molar-refractivity contribution in [1.82, 2.24) is 0 Å². The molecule has 0 atom stereocenters. The summed E-state index contributed by atoms with van der Waals surface area (Å²) in [7, 11) is 1.61. The van der Waals surface area contributed by atoms with E-state index >= 15 is 0 Å². The fourth-order valence-electron chi connectivity index (χ4n) is 1.33. The highest BCUT2D eigenvalue weighted by molar-refractivity contribution is 7.12. The van der Waals surface area contributed by atoms with E-state index in [4.69, 9.17) is 9.47 Å². The number of hydrogen-bond acceptors (Lipinski definition) is 4. The van der Waals surface area contributed by atoms with Gasteiger partial charge in [-0.1, -0.05) is 6.07 Å². The molecule has 3 nitrogen and oxygen atoms in total. The number of carbonyl (C=O) groups excluding carboxylic acids is 1. The maximum atomic E-state index is 11.7. The van der Waals surface area contributed by atoms with Crippen LogP contribution in [0.3, 0.4) is 0 Å². The first-order valence-electron chi connectivity index (χ1n) is 5.13. The summed E-state index contributed by atoms with van der Waals surface area (Å²) in [5.74, 6) is 1.42. The van der Waals surface area contributed by atoms with Crippen molar-refractivity contribution in [2.45, 2.75) is 0 Å². The lowest BCUT2D eigenvalue weighted by atomic mass is 10.3. The number of methoxy groups -OCH3 is 1. The Labute approximate surface area is 104 Å². The molecule has 0 fully saturated rings. The van der Waals surface area contributed by atoms with E-state index in [1.807, 2.05) is 11.4 Å². The van der Waals surface area contributed by atoms with Gasteiger partial charge in [-0.2, -0.15) is 0 Å². The molecule has 0 saturated heterocycles. The van der Waals surface area contributed by atoms with E-state index in [1.165, 1.54) is 11.3 Å². The number of benzene rings is 1. The number of Topliss-reactive ketones (excluding diaryl/α,β-unsaturated/α-hetero) is 1. The zero-order valence-corrected chi connectivity index (χ0v) is 10.2. The molecule has 2 rings (SSSR count). The van der Waals surface area contributed by atoms with Crippen molar-refractivity contribution < 1.29 is 14.3 Å². The highest BCUT2D eigenvalue weighted by atomic mass is 32.1. The number of rotatable bonds is 5. The molecule has 0 aliphatic heterocycles. The predicted octanol–water partition coefficient (Wildman–Crippen LogP) is 3.02. The maximum Gasteiger partial charge on any atom is 0.210 e. The number of ether oxygens (including phenoxy) is 2. The van der Waals surface area contributed by atoms with Crippen LogP contribution in [0.1, 0.15) is 9.67 Å². The summed E-state index contributed by atoms with van der Waals surface area (Å²) in [5, 5.41) is 1.88. The molecule has 0 radical (unpaired) electrons. The van der Waals surface area contributed by atoms with E-state index in [0.29, 0.717) is 5.75 Å². The van der Waals surface area contributed by atoms with Gasteiger partial charge in [0.2, 0.25) is 5.78 Å². The SMILES string of the molecule is COc1ccc(OCC(=O)c2cccs2)cc1. The van der Waals surface area contributed by atoms with Crippen molar-refractivity contribution >= 4 is 17.1 Å². The summed E-state index contributed by atoms with van der Waals surface area (Å²) >= 11 is 1.42. The van der Waals surface area contributed by atoms with E-state index in [9.17, 15) is 4.79 Å². The molecule has 0 saturated carbocycles. The molecule has 4 heteroatoms. The van der Waals surface area contributed by atoms with Gasteiger partial charge in [0.05, 0.1) is 12.0 Å². The fourth-order valence-corrected chi connectivity index (χ4v) is 1.98. The molecule has 1 aromatic heterocycles. The van der Waals surface area contributed by atoms with E-state index in [1.54, 1.807) is 37.4 Å². The molecule has 0 amide bonds. The van der Waals surface area contributed by atoms with E-state index in [2.05, 4.69) is 0 Å². The van der Waals surface area contributed by atoms with Crippen molar-refractivity contribution in [3.8, 4) is 11.5 Å². The lowest BCUT2D eigenvalue weighted by molar-refractivity contribution is 0.0925. The third-order valence-electron chi connectivity index (χ3n) is 2.23. The van der Waals surface area contributed by atoms with E-state index < -0.39 is 0 Å². The summed E-state index contributed by atoms with van der Waals surface area (Å²) in [6.45, 7) is 0.0623. The molecule has 0 aliphatic carbocycles. The molecule has 0 N–H and O–H groups in total. The smallest absolute Gasteiger partial charge is 0.210 e. The Hall–Kier alpha value is -1.81. The van der Waals surface area contributed by atoms with Gasteiger partial charge in [0.25, 0.3) is 0 Å². The Balaban J connectivity index is 1.91. The topological polar surface area (TPSA) is 35.5 Å². The van der Waals surface area contributed by atoms with Crippen molar-refractivity contribution in [1.29, 1.82) is 0 Å². The van der Waals surface area contributed by atoms with Gasteiger partial charge in [-0.05, 0) is 35.7 Å². The van der Waals surface area contributed by atoms with Crippen molar-refractivity contribution in [3.63, 3.8) is 0 Å². The van der Waals surface area contributed by atoms with Crippen LogP contribution < -0.4 is 9.47 Å². The van der Waals surface area contributed by atoms with Crippen LogP contribution >= 0.6 is 11.3 Å². The Morgan fingerprint density at radius 2 is 1.88 bits per heavy atom. The van der Waals surface area contributed by atoms with Crippen LogP contribution in [-0.4, -0.2) is 19.5 Å². The van der Waals surface area contributed by atoms with E-state index in [0.717, 1.165) is 10.6 Å². The largest absolute Gasteiger partial charge is 0.497 e. The van der Waals surface area contributed by atoms with Gasteiger partial charge in [-0.15, -0.1) is 11.3 Å². The second kappa shape index (κ2) is 5.50. The molecule has 1 heterocycles. The summed E-state index contributed by atoms with van der Waals surface area (Å²) in [6, 6.07) is 10.8. The Bertz CT molecular complexity index is 474. The standard InChI is InChI=1S/C13H12O3S/c1-15-10-4-6-11(7-5-10)16-9-12(14)13-3-2-8-17-13/h2-8H,9H2,1H3. The van der Waals surface area contributed by atoms with Gasteiger partial charge in [0.1, 0.15) is 11.5 Å². The van der Waals surface area contributed by atoms with Gasteiger partial charge >= 0.3 is 0 Å². The molecule has 17 heavy (non-hydrogen) atoms. The monoisotopic (exact) mass is 248 g/mol. The average Bonchev–Trinajstić information content (AvgIpc) is 2.90. The minimum absolute atomic E-state index is 0.00387. The number of thiophene rings is 1. The number of hydrogen-bond donors (Lipinski definition) is 0. The van der Waals surface area contributed by atoms with Crippen molar-refractivity contribution in [2.24, 2.45) is 0 Å². The third kappa shape index (κ3) is 3.07. The summed E-state index contributed by atoms with van der Waals surface area (Å²) in [4.78, 5) is 12.4. The van der Waals surface area contributed by atoms with Crippen LogP contribution in [-0.2, 0) is 0 Å². The molecular weight excluding hydrogens is 236 g/mol. The number of ketones is 1. The Morgan fingerprint density at radius 1 is 1.18 bits per heavy atom. The molecular formula is C13H12O3S. The molecule has 1 aromatic carbocycles. The normalized spacial score (nSPS) is 9.94. The summed E-state index contributed by atoms with van der Waals surface area (Å²) in [5.41, 5.74) is 0. The van der Waals surface area contributed by atoms with Gasteiger partial charge in [-0.3, -0.25) is 4.79 Å². The van der Waals surface area contributed by atoms with E-state index in [-0.39, 0.29) is 12.4 Å². The van der Waals surface area contributed by atoms with Gasteiger partial charge in [0, 0.05) is 0 Å². The molecule has 88 valence electrons. The first-order chi connectivity index (χ1) is 8.29. The Kier molecular flexibility index (Phi) is 3.77. The van der Waals surface area contributed by atoms with Crippen LogP contribution in [0.15, 0.2) is 41.8 Å². The van der Waals surface area contributed by atoms with Gasteiger partial charge in [-0.25, -0.2) is 0 Å². The van der Waals surface area contributed by atoms with Crippen LogP contribution in [0.25, 0.3) is 0 Å². The molecule has 0 bridgehead atoms. The molecule has 0 unspecified atom stereocenters. The highest BCUT2D eigenvalue weighted by Gasteiger charge is 2.07. The Morgan fingerprint density at radius 3 is 2.47 bits per heavy atom. The molecule has 0 spiro atoms. The van der Waals surface area contributed by atoms with Crippen LogP contribution in [0.2, 0.25) is 0 Å². The lowest BCUT2D eigenvalue weighted by Crippen LogP contribution is -2.09. The number of carbonyl (C=O) groups is 1. The average molecular weight is 248 g/mol. The van der Waals surface area contributed by atoms with Crippen LogP contribution in [0.5, 0.6) is 11.5 Å². The molecule has 0 aliphatic rings. The van der Waals surface area contributed by atoms with Gasteiger partial charge in [0.15, 0.2) is 6.61 Å². The van der Waals surface area contributed by atoms with Crippen molar-refractivity contribution in [3.05, 3.63) is 46.7 Å². The van der Waals surface area contributed by atoms with Crippen LogP contribution in [0, 0.1) is 0 Å². The quantitative estimate of drug-likeness (QED) is 0.763. The first-order valence-corrected chi connectivity index (χ1v) is 6.01.